The van der Waals surface area contributed by atoms with E-state index in [9.17, 15) is 9.59 Å². The van der Waals surface area contributed by atoms with Gasteiger partial charge in [0, 0.05) is 43.8 Å². The first kappa shape index (κ1) is 24.4. The Morgan fingerprint density at radius 3 is 2.56 bits per heavy atom. The number of nitrogens with two attached hydrogens (primary N) is 1. The van der Waals surface area contributed by atoms with E-state index in [2.05, 4.69) is 38.5 Å². The number of likely N-dealkylation sites (tertiary alicyclic amines) is 1. The normalized spacial score (nSPS) is 16.3. The van der Waals surface area contributed by atoms with Crippen molar-refractivity contribution >= 4 is 23.2 Å². The first-order valence-electron chi connectivity index (χ1n) is 11.6. The highest BCUT2D eigenvalue weighted by molar-refractivity contribution is 7.07. The number of rotatable bonds is 9. The van der Waals surface area contributed by atoms with Crippen LogP contribution in [0.1, 0.15) is 67.2 Å². The number of amides is 2. The lowest BCUT2D eigenvalue weighted by Crippen LogP contribution is -2.50. The lowest BCUT2D eigenvalue weighted by atomic mass is 9.97. The number of hydrogen-bond donors (Lipinski definition) is 1. The van der Waals surface area contributed by atoms with Gasteiger partial charge in [-0.3, -0.25) is 14.6 Å². The minimum absolute atomic E-state index is 0.00636. The molecule has 0 saturated carbocycles. The summed E-state index contributed by atoms with van der Waals surface area (Å²) in [7, 11) is 0. The molecule has 2 aromatic rings. The smallest absolute Gasteiger partial charge is 0.250 e. The van der Waals surface area contributed by atoms with E-state index in [1.165, 1.54) is 5.56 Å². The number of pyridine rings is 1. The molecule has 1 fully saturated rings. The van der Waals surface area contributed by atoms with Crippen LogP contribution >= 0.6 is 11.3 Å². The van der Waals surface area contributed by atoms with Crippen molar-refractivity contribution in [2.75, 3.05) is 13.1 Å². The number of carbonyl (C=O) groups excluding carboxylic acids is 2. The van der Waals surface area contributed by atoms with Crippen LogP contribution in [-0.2, 0) is 17.8 Å². The second-order valence-electron chi connectivity index (χ2n) is 9.22. The molecule has 2 N–H and O–H groups in total. The third-order valence-corrected chi connectivity index (χ3v) is 7.29. The van der Waals surface area contributed by atoms with E-state index in [0.717, 1.165) is 50.0 Å². The molecule has 2 aromatic heterocycles. The van der Waals surface area contributed by atoms with Crippen LogP contribution in [0.3, 0.4) is 0 Å². The number of nitrogens with zero attached hydrogens (tertiary/aromatic N) is 3. The molecular formula is C25H36N4O2S. The maximum absolute atomic E-state index is 12.9. The predicted octanol–water partition coefficient (Wildman–Crippen LogP) is 4.02. The average molecular weight is 457 g/mol. The van der Waals surface area contributed by atoms with Gasteiger partial charge in [0.2, 0.25) is 5.91 Å². The fraction of sp³-hybridized carbons (Fsp3) is 0.560. The quantitative estimate of drug-likeness (QED) is 0.618. The van der Waals surface area contributed by atoms with E-state index in [0.29, 0.717) is 18.2 Å². The van der Waals surface area contributed by atoms with E-state index in [1.807, 2.05) is 26.8 Å². The number of carbonyl (C=O) groups is 2. The fourth-order valence-corrected chi connectivity index (χ4v) is 5.26. The molecule has 2 amide bonds. The monoisotopic (exact) mass is 456 g/mol. The summed E-state index contributed by atoms with van der Waals surface area (Å²) < 4.78 is 0. The van der Waals surface area contributed by atoms with E-state index in [1.54, 1.807) is 17.5 Å². The van der Waals surface area contributed by atoms with Crippen LogP contribution in [0.15, 0.2) is 29.1 Å². The topological polar surface area (TPSA) is 79.5 Å². The Hall–Kier alpha value is -2.25. The zero-order valence-corrected chi connectivity index (χ0v) is 20.5. The van der Waals surface area contributed by atoms with Gasteiger partial charge in [-0.25, -0.2) is 0 Å². The summed E-state index contributed by atoms with van der Waals surface area (Å²) >= 11 is 1.68. The number of aromatic nitrogens is 1. The van der Waals surface area contributed by atoms with Crippen molar-refractivity contribution in [2.45, 2.75) is 72.0 Å². The summed E-state index contributed by atoms with van der Waals surface area (Å²) in [6.07, 6.45) is 5.38. The molecule has 7 heteroatoms. The zero-order chi connectivity index (χ0) is 23.3. The summed E-state index contributed by atoms with van der Waals surface area (Å²) in [5, 5.41) is 4.21. The highest BCUT2D eigenvalue weighted by Gasteiger charge is 2.30. The van der Waals surface area contributed by atoms with E-state index < -0.39 is 5.91 Å². The Morgan fingerprint density at radius 2 is 1.97 bits per heavy atom. The Bertz CT molecular complexity index is 905. The lowest BCUT2D eigenvalue weighted by Gasteiger charge is -2.41. The molecule has 0 unspecified atom stereocenters. The van der Waals surface area contributed by atoms with E-state index in [-0.39, 0.29) is 17.9 Å². The van der Waals surface area contributed by atoms with E-state index in [4.69, 9.17) is 5.73 Å². The Morgan fingerprint density at radius 1 is 1.25 bits per heavy atom. The molecule has 0 spiro atoms. The second kappa shape index (κ2) is 11.1. The number of primary amides is 1. The van der Waals surface area contributed by atoms with E-state index >= 15 is 0 Å². The number of aryl methyl sites for hydroxylation is 2. The molecule has 1 aliphatic heterocycles. The van der Waals surface area contributed by atoms with Crippen LogP contribution in [0.5, 0.6) is 0 Å². The lowest BCUT2D eigenvalue weighted by molar-refractivity contribution is -0.138. The largest absolute Gasteiger partial charge is 0.366 e. The molecule has 0 bridgehead atoms. The first-order valence-corrected chi connectivity index (χ1v) is 12.5. The minimum atomic E-state index is -0.403. The summed E-state index contributed by atoms with van der Waals surface area (Å²) in [6.45, 7) is 10.8. The third kappa shape index (κ3) is 5.95. The summed E-state index contributed by atoms with van der Waals surface area (Å²) in [5.41, 5.74) is 9.04. The zero-order valence-electron chi connectivity index (χ0n) is 19.7. The van der Waals surface area contributed by atoms with Gasteiger partial charge < -0.3 is 15.5 Å². The van der Waals surface area contributed by atoms with Gasteiger partial charge >= 0.3 is 0 Å². The Labute approximate surface area is 195 Å². The van der Waals surface area contributed by atoms with Crippen LogP contribution in [0.25, 0.3) is 0 Å². The Kier molecular flexibility index (Phi) is 8.43. The van der Waals surface area contributed by atoms with Crippen molar-refractivity contribution in [3.63, 3.8) is 0 Å². The SMILES string of the molecule is Cc1ccnc(CC[C@@H](C)N2CCC(N(Cc3ccsc3)C(=O)C(C)C)CC2)c1C(N)=O. The minimum Gasteiger partial charge on any atom is -0.366 e. The molecule has 3 heterocycles. The molecule has 1 saturated heterocycles. The van der Waals surface area contributed by atoms with Gasteiger partial charge in [-0.15, -0.1) is 0 Å². The molecule has 1 aliphatic rings. The van der Waals surface area contributed by atoms with Crippen molar-refractivity contribution in [1.82, 2.24) is 14.8 Å². The molecule has 6 nitrogen and oxygen atoms in total. The van der Waals surface area contributed by atoms with Crippen molar-refractivity contribution < 1.29 is 9.59 Å². The van der Waals surface area contributed by atoms with Crippen LogP contribution in [-0.4, -0.2) is 51.8 Å². The van der Waals surface area contributed by atoms with Gasteiger partial charge in [0.25, 0.3) is 5.91 Å². The fourth-order valence-electron chi connectivity index (χ4n) is 4.60. The van der Waals surface area contributed by atoms with Gasteiger partial charge in [-0.1, -0.05) is 13.8 Å². The van der Waals surface area contributed by atoms with Crippen molar-refractivity contribution in [3.8, 4) is 0 Å². The molecular weight excluding hydrogens is 420 g/mol. The van der Waals surface area contributed by atoms with Gasteiger partial charge in [-0.2, -0.15) is 11.3 Å². The summed E-state index contributed by atoms with van der Waals surface area (Å²) in [6, 6.07) is 4.61. The van der Waals surface area contributed by atoms with Crippen LogP contribution in [0.4, 0.5) is 0 Å². The van der Waals surface area contributed by atoms with Crippen LogP contribution < -0.4 is 5.73 Å². The second-order valence-corrected chi connectivity index (χ2v) is 10.0. The van der Waals surface area contributed by atoms with Crippen molar-refractivity contribution in [3.05, 3.63) is 51.5 Å². The number of piperidine rings is 1. The average Bonchev–Trinajstić information content (AvgIpc) is 3.28. The number of hydrogen-bond acceptors (Lipinski definition) is 5. The van der Waals surface area contributed by atoms with Crippen LogP contribution in [0, 0.1) is 12.8 Å². The standard InChI is InChI=1S/C25H36N4O2S/c1-17(2)25(31)29(15-20-10-14-32-16-20)21-8-12-28(13-9-21)19(4)5-6-22-23(24(26)30)18(3)7-11-27-22/h7,10-11,14,16-17,19,21H,5-6,8-9,12-13,15H2,1-4H3,(H2,26,30)/t19-/m1/s1. The summed E-state index contributed by atoms with van der Waals surface area (Å²) in [5.74, 6) is -0.154. The third-order valence-electron chi connectivity index (χ3n) is 6.56. The highest BCUT2D eigenvalue weighted by atomic mass is 32.1. The van der Waals surface area contributed by atoms with Gasteiger partial charge in [0.1, 0.15) is 0 Å². The Balaban J connectivity index is 1.58. The van der Waals surface area contributed by atoms with Gasteiger partial charge in [0.15, 0.2) is 0 Å². The summed E-state index contributed by atoms with van der Waals surface area (Å²) in [4.78, 5) is 33.8. The molecule has 1 atom stereocenters. The molecule has 0 aliphatic carbocycles. The van der Waals surface area contributed by atoms with Crippen molar-refractivity contribution in [1.29, 1.82) is 0 Å². The van der Waals surface area contributed by atoms with Gasteiger partial charge in [-0.05, 0) is 73.6 Å². The molecule has 3 rings (SSSR count). The molecule has 0 radical (unpaired) electrons. The predicted molar refractivity (Wildman–Crippen MR) is 130 cm³/mol. The maximum atomic E-state index is 12.9. The van der Waals surface area contributed by atoms with Crippen LogP contribution in [0.2, 0.25) is 0 Å². The highest BCUT2D eigenvalue weighted by Crippen LogP contribution is 2.24. The first-order chi connectivity index (χ1) is 15.3. The molecule has 0 aromatic carbocycles. The van der Waals surface area contributed by atoms with Crippen molar-refractivity contribution in [2.24, 2.45) is 11.7 Å². The maximum Gasteiger partial charge on any atom is 0.250 e. The molecule has 174 valence electrons. The number of thiophene rings is 1. The molecule has 32 heavy (non-hydrogen) atoms. The van der Waals surface area contributed by atoms with Gasteiger partial charge in [0.05, 0.1) is 11.3 Å².